The summed E-state index contributed by atoms with van der Waals surface area (Å²) in [5.74, 6) is 0.107. The number of rotatable bonds is 4. The first-order valence-electron chi connectivity index (χ1n) is 9.53. The lowest BCUT2D eigenvalue weighted by Crippen LogP contribution is -2.48. The number of amides is 3. The molecule has 3 heterocycles. The van der Waals surface area contributed by atoms with Crippen LogP contribution in [0.2, 0.25) is 0 Å². The summed E-state index contributed by atoms with van der Waals surface area (Å²) in [7, 11) is 0. The molecule has 0 radical (unpaired) electrons. The molecule has 0 spiro atoms. The quantitative estimate of drug-likeness (QED) is 0.849. The Morgan fingerprint density at radius 3 is 2.93 bits per heavy atom. The predicted molar refractivity (Wildman–Crippen MR) is 103 cm³/mol. The van der Waals surface area contributed by atoms with Gasteiger partial charge in [0.05, 0.1) is 11.6 Å². The van der Waals surface area contributed by atoms with Gasteiger partial charge in [-0.05, 0) is 44.7 Å². The van der Waals surface area contributed by atoms with Gasteiger partial charge in [-0.15, -0.1) is 5.10 Å². The zero-order valence-corrected chi connectivity index (χ0v) is 16.0. The molecule has 148 valence electrons. The topological polar surface area (TPSA) is 79.3 Å². The van der Waals surface area contributed by atoms with E-state index >= 15 is 0 Å². The Morgan fingerprint density at radius 1 is 1.36 bits per heavy atom. The maximum Gasteiger partial charge on any atom is 0.318 e. The number of hydrogen-bond donors (Lipinski definition) is 2. The van der Waals surface area contributed by atoms with Crippen molar-refractivity contribution >= 4 is 17.8 Å². The van der Waals surface area contributed by atoms with Crippen LogP contribution in [0.4, 0.5) is 15.0 Å². The van der Waals surface area contributed by atoms with Crippen molar-refractivity contribution in [3.05, 3.63) is 42.3 Å². The molecular formula is C20H24FN5O2. The minimum atomic E-state index is -0.377. The van der Waals surface area contributed by atoms with E-state index in [4.69, 9.17) is 0 Å². The molecule has 7 nitrogen and oxygen atoms in total. The number of aromatic nitrogens is 2. The summed E-state index contributed by atoms with van der Waals surface area (Å²) in [6.07, 6.45) is 3.59. The largest absolute Gasteiger partial charge is 0.331 e. The van der Waals surface area contributed by atoms with Gasteiger partial charge in [0.2, 0.25) is 5.91 Å². The van der Waals surface area contributed by atoms with E-state index < -0.39 is 0 Å². The normalized spacial score (nSPS) is 23.2. The number of hydrogen-bond acceptors (Lipinski definition) is 3. The standard InChI is InChI=1S/C20H24FN5O2/c1-20(2)16-11-13(7-9-25(16)19(28)23-20)12-18(27)22-17-8-10-26(24-17)15-6-4-3-5-14(15)21/h3-6,8,10,13,16H,7,9,11-12H2,1-2H3,(H,23,28)(H,22,24,27). The Balaban J connectivity index is 1.37. The summed E-state index contributed by atoms with van der Waals surface area (Å²) in [4.78, 5) is 26.4. The second-order valence-corrected chi connectivity index (χ2v) is 8.10. The average Bonchev–Trinajstić information content (AvgIpc) is 3.17. The Kier molecular flexibility index (Phi) is 4.56. The molecule has 0 aliphatic carbocycles. The van der Waals surface area contributed by atoms with Gasteiger partial charge in [0.15, 0.2) is 5.82 Å². The van der Waals surface area contributed by atoms with Crippen molar-refractivity contribution in [3.8, 4) is 5.69 Å². The van der Waals surface area contributed by atoms with E-state index in [-0.39, 0.29) is 35.3 Å². The van der Waals surface area contributed by atoms with Crippen molar-refractivity contribution in [1.29, 1.82) is 0 Å². The van der Waals surface area contributed by atoms with Crippen LogP contribution in [0.5, 0.6) is 0 Å². The monoisotopic (exact) mass is 385 g/mol. The van der Waals surface area contributed by atoms with Crippen LogP contribution in [0.3, 0.4) is 0 Å². The highest BCUT2D eigenvalue weighted by molar-refractivity contribution is 5.90. The summed E-state index contributed by atoms with van der Waals surface area (Å²) in [5, 5.41) is 10.1. The van der Waals surface area contributed by atoms with Gasteiger partial charge < -0.3 is 15.5 Å². The summed E-state index contributed by atoms with van der Waals surface area (Å²) < 4.78 is 15.3. The average molecular weight is 385 g/mol. The third-order valence-corrected chi connectivity index (χ3v) is 5.66. The fourth-order valence-electron chi connectivity index (χ4n) is 4.20. The van der Waals surface area contributed by atoms with Crippen molar-refractivity contribution in [2.45, 2.75) is 44.7 Å². The van der Waals surface area contributed by atoms with E-state index in [2.05, 4.69) is 15.7 Å². The molecule has 2 aliphatic heterocycles. The fraction of sp³-hybridized carbons (Fsp3) is 0.450. The van der Waals surface area contributed by atoms with E-state index in [9.17, 15) is 14.0 Å². The number of benzene rings is 1. The number of nitrogens with zero attached hydrogens (tertiary/aromatic N) is 3. The SMILES string of the molecule is CC1(C)NC(=O)N2CCC(CC(=O)Nc3ccn(-c4ccccc4F)n3)CC21. The molecule has 28 heavy (non-hydrogen) atoms. The number of anilines is 1. The minimum Gasteiger partial charge on any atom is -0.331 e. The first-order chi connectivity index (χ1) is 13.3. The van der Waals surface area contributed by atoms with Crippen LogP contribution in [0.25, 0.3) is 5.69 Å². The fourth-order valence-corrected chi connectivity index (χ4v) is 4.20. The molecule has 2 aromatic rings. The van der Waals surface area contributed by atoms with Crippen LogP contribution in [0, 0.1) is 11.7 Å². The van der Waals surface area contributed by atoms with Gasteiger partial charge in [0.25, 0.3) is 0 Å². The van der Waals surface area contributed by atoms with Gasteiger partial charge in [0, 0.05) is 25.2 Å². The number of urea groups is 1. The van der Waals surface area contributed by atoms with Crippen LogP contribution in [-0.2, 0) is 4.79 Å². The van der Waals surface area contributed by atoms with Crippen molar-refractivity contribution in [3.63, 3.8) is 0 Å². The molecule has 3 amide bonds. The smallest absolute Gasteiger partial charge is 0.318 e. The van der Waals surface area contributed by atoms with Gasteiger partial charge in [0.1, 0.15) is 11.5 Å². The van der Waals surface area contributed by atoms with Crippen LogP contribution in [-0.4, -0.2) is 44.7 Å². The lowest BCUT2D eigenvalue weighted by molar-refractivity contribution is -0.117. The number of fused-ring (bicyclic) bond motifs is 1. The Morgan fingerprint density at radius 2 is 2.14 bits per heavy atom. The summed E-state index contributed by atoms with van der Waals surface area (Å²) >= 11 is 0. The van der Waals surface area contributed by atoms with Gasteiger partial charge in [-0.3, -0.25) is 4.79 Å². The zero-order chi connectivity index (χ0) is 19.9. The predicted octanol–water partition coefficient (Wildman–Crippen LogP) is 2.92. The van der Waals surface area contributed by atoms with Crippen molar-refractivity contribution in [1.82, 2.24) is 20.0 Å². The summed E-state index contributed by atoms with van der Waals surface area (Å²) in [6.45, 7) is 4.71. The number of para-hydroxylation sites is 1. The van der Waals surface area contributed by atoms with E-state index in [1.807, 2.05) is 18.7 Å². The molecular weight excluding hydrogens is 361 g/mol. The molecule has 1 aromatic heterocycles. The molecule has 0 saturated carbocycles. The van der Waals surface area contributed by atoms with Gasteiger partial charge >= 0.3 is 6.03 Å². The first-order valence-corrected chi connectivity index (χ1v) is 9.53. The molecule has 4 rings (SSSR count). The molecule has 2 N–H and O–H groups in total. The molecule has 1 aromatic carbocycles. The van der Waals surface area contributed by atoms with E-state index in [1.165, 1.54) is 10.7 Å². The van der Waals surface area contributed by atoms with Crippen LogP contribution in [0.1, 0.15) is 33.1 Å². The molecule has 2 atom stereocenters. The molecule has 2 unspecified atom stereocenters. The number of nitrogens with one attached hydrogen (secondary N) is 2. The Labute approximate surface area is 162 Å². The van der Waals surface area contributed by atoms with Crippen molar-refractivity contribution in [2.24, 2.45) is 5.92 Å². The molecule has 2 fully saturated rings. The highest BCUT2D eigenvalue weighted by atomic mass is 19.1. The maximum atomic E-state index is 13.9. The van der Waals surface area contributed by atoms with E-state index in [1.54, 1.807) is 30.5 Å². The lowest BCUT2D eigenvalue weighted by Gasteiger charge is -2.38. The van der Waals surface area contributed by atoms with E-state index in [0.29, 0.717) is 24.5 Å². The second-order valence-electron chi connectivity index (χ2n) is 8.10. The number of carbonyl (C=O) groups is 2. The summed E-state index contributed by atoms with van der Waals surface area (Å²) in [6, 6.07) is 8.07. The second kappa shape index (κ2) is 6.92. The highest BCUT2D eigenvalue weighted by Crippen LogP contribution is 2.35. The summed E-state index contributed by atoms with van der Waals surface area (Å²) in [5.41, 5.74) is 0.0427. The minimum absolute atomic E-state index is 0.0171. The third-order valence-electron chi connectivity index (χ3n) is 5.66. The van der Waals surface area contributed by atoms with Crippen LogP contribution in [0.15, 0.2) is 36.5 Å². The van der Waals surface area contributed by atoms with Crippen molar-refractivity contribution < 1.29 is 14.0 Å². The lowest BCUT2D eigenvalue weighted by atomic mass is 9.81. The van der Waals surface area contributed by atoms with Crippen LogP contribution < -0.4 is 10.6 Å². The van der Waals surface area contributed by atoms with Gasteiger partial charge in [-0.2, -0.15) is 0 Å². The van der Waals surface area contributed by atoms with Crippen LogP contribution >= 0.6 is 0 Å². The maximum absolute atomic E-state index is 13.9. The number of carbonyl (C=O) groups excluding carboxylic acids is 2. The number of halogens is 1. The van der Waals surface area contributed by atoms with E-state index in [0.717, 1.165) is 12.8 Å². The highest BCUT2D eigenvalue weighted by Gasteiger charge is 2.47. The first kappa shape index (κ1) is 18.5. The Bertz CT molecular complexity index is 910. The van der Waals surface area contributed by atoms with Gasteiger partial charge in [-0.1, -0.05) is 12.1 Å². The number of piperidine rings is 1. The Hall–Kier alpha value is -2.90. The third kappa shape index (κ3) is 3.46. The van der Waals surface area contributed by atoms with Crippen molar-refractivity contribution in [2.75, 3.05) is 11.9 Å². The van der Waals surface area contributed by atoms with Gasteiger partial charge in [-0.25, -0.2) is 13.9 Å². The molecule has 0 bridgehead atoms. The zero-order valence-electron chi connectivity index (χ0n) is 16.0. The molecule has 8 heteroatoms. The molecule has 2 saturated heterocycles. The molecule has 2 aliphatic rings.